The van der Waals surface area contributed by atoms with Crippen molar-refractivity contribution in [3.63, 3.8) is 0 Å². The number of hydrogen-bond acceptors (Lipinski definition) is 1. The zero-order valence-corrected chi connectivity index (χ0v) is 8.73. The van der Waals surface area contributed by atoms with Gasteiger partial charge in [0, 0.05) is 6.04 Å². The molecule has 0 aliphatic heterocycles. The average Bonchev–Trinajstić information content (AvgIpc) is 2.05. The van der Waals surface area contributed by atoms with E-state index in [1.165, 1.54) is 13.0 Å². The van der Waals surface area contributed by atoms with Crippen LogP contribution in [0.1, 0.15) is 23.6 Å². The Morgan fingerprint density at radius 3 is 2.40 bits per heavy atom. The fourth-order valence-electron chi connectivity index (χ4n) is 1.56. The van der Waals surface area contributed by atoms with Crippen molar-refractivity contribution in [3.8, 4) is 0 Å². The second-order valence-corrected chi connectivity index (χ2v) is 3.77. The molecule has 84 valence electrons. The molecule has 0 aromatic heterocycles. The van der Waals surface area contributed by atoms with Gasteiger partial charge in [0.25, 0.3) is 0 Å². The summed E-state index contributed by atoms with van der Waals surface area (Å²) in [5.41, 5.74) is 5.95. The summed E-state index contributed by atoms with van der Waals surface area (Å²) in [6, 6.07) is 4.08. The Hall–Kier alpha value is -1.03. The van der Waals surface area contributed by atoms with E-state index < -0.39 is 11.7 Å². The Morgan fingerprint density at radius 2 is 1.93 bits per heavy atom. The van der Waals surface area contributed by atoms with Crippen molar-refractivity contribution in [2.75, 3.05) is 0 Å². The van der Waals surface area contributed by atoms with Gasteiger partial charge in [-0.15, -0.1) is 0 Å². The van der Waals surface area contributed by atoms with Crippen LogP contribution in [0.3, 0.4) is 0 Å². The van der Waals surface area contributed by atoms with E-state index in [1.807, 2.05) is 0 Å². The second-order valence-electron chi connectivity index (χ2n) is 3.77. The topological polar surface area (TPSA) is 26.0 Å². The molecule has 1 nitrogen and oxygen atoms in total. The predicted molar refractivity (Wildman–Crippen MR) is 53.5 cm³/mol. The average molecular weight is 217 g/mol. The molecule has 0 saturated heterocycles. The number of alkyl halides is 3. The first-order valence-corrected chi connectivity index (χ1v) is 4.73. The van der Waals surface area contributed by atoms with Crippen LogP contribution in [0, 0.1) is 6.92 Å². The first-order valence-electron chi connectivity index (χ1n) is 4.73. The molecule has 0 aliphatic rings. The lowest BCUT2D eigenvalue weighted by atomic mass is 9.97. The zero-order chi connectivity index (χ0) is 11.6. The highest BCUT2D eigenvalue weighted by atomic mass is 19.4. The normalized spacial score (nSPS) is 14.0. The van der Waals surface area contributed by atoms with Crippen LogP contribution in [0.15, 0.2) is 18.2 Å². The molecule has 1 atom stereocenters. The van der Waals surface area contributed by atoms with Crippen LogP contribution in [0.25, 0.3) is 0 Å². The summed E-state index contributed by atoms with van der Waals surface area (Å²) in [6.45, 7) is 3.26. The standard InChI is InChI=1S/C11H14F3N/c1-7(15)6-9-4-3-5-10(8(9)2)11(12,13)14/h3-5,7H,6,15H2,1-2H3. The number of halogens is 3. The summed E-state index contributed by atoms with van der Waals surface area (Å²) in [5.74, 6) is 0. The fraction of sp³-hybridized carbons (Fsp3) is 0.455. The van der Waals surface area contributed by atoms with Crippen LogP contribution in [-0.4, -0.2) is 6.04 Å². The number of benzene rings is 1. The monoisotopic (exact) mass is 217 g/mol. The van der Waals surface area contributed by atoms with E-state index in [0.29, 0.717) is 12.0 Å². The van der Waals surface area contributed by atoms with Crippen molar-refractivity contribution >= 4 is 0 Å². The quantitative estimate of drug-likeness (QED) is 0.809. The molecule has 1 unspecified atom stereocenters. The van der Waals surface area contributed by atoms with Crippen LogP contribution in [-0.2, 0) is 12.6 Å². The van der Waals surface area contributed by atoms with Gasteiger partial charge in [0.1, 0.15) is 0 Å². The van der Waals surface area contributed by atoms with Crippen molar-refractivity contribution in [2.45, 2.75) is 32.5 Å². The zero-order valence-electron chi connectivity index (χ0n) is 8.73. The van der Waals surface area contributed by atoms with E-state index in [2.05, 4.69) is 0 Å². The molecule has 0 aliphatic carbocycles. The van der Waals surface area contributed by atoms with Gasteiger partial charge < -0.3 is 5.73 Å². The Kier molecular flexibility index (Phi) is 3.39. The minimum absolute atomic E-state index is 0.132. The lowest BCUT2D eigenvalue weighted by Crippen LogP contribution is -2.19. The van der Waals surface area contributed by atoms with Gasteiger partial charge in [-0.3, -0.25) is 0 Å². The minimum atomic E-state index is -4.28. The summed E-state index contributed by atoms with van der Waals surface area (Å²) < 4.78 is 37.6. The Morgan fingerprint density at radius 1 is 1.33 bits per heavy atom. The Bertz CT molecular complexity index is 342. The van der Waals surface area contributed by atoms with Crippen molar-refractivity contribution in [3.05, 3.63) is 34.9 Å². The van der Waals surface area contributed by atoms with Gasteiger partial charge in [0.05, 0.1) is 5.56 Å². The van der Waals surface area contributed by atoms with Crippen LogP contribution in [0.4, 0.5) is 13.2 Å². The highest BCUT2D eigenvalue weighted by Crippen LogP contribution is 2.33. The second kappa shape index (κ2) is 4.23. The maximum absolute atomic E-state index is 12.5. The summed E-state index contributed by atoms with van der Waals surface area (Å²) in [5, 5.41) is 0. The summed E-state index contributed by atoms with van der Waals surface area (Å²) in [4.78, 5) is 0. The van der Waals surface area contributed by atoms with Crippen molar-refractivity contribution < 1.29 is 13.2 Å². The summed E-state index contributed by atoms with van der Waals surface area (Å²) in [6.07, 6.45) is -3.81. The predicted octanol–water partition coefficient (Wildman–Crippen LogP) is 2.90. The van der Waals surface area contributed by atoms with Crippen molar-refractivity contribution in [1.82, 2.24) is 0 Å². The first kappa shape index (κ1) is 12.0. The Labute approximate surface area is 87.1 Å². The smallest absolute Gasteiger partial charge is 0.328 e. The molecular formula is C11H14F3N. The van der Waals surface area contributed by atoms with Gasteiger partial charge in [0.2, 0.25) is 0 Å². The molecule has 1 aromatic rings. The molecule has 4 heteroatoms. The van der Waals surface area contributed by atoms with Crippen molar-refractivity contribution in [1.29, 1.82) is 0 Å². The number of nitrogens with two attached hydrogens (primary N) is 1. The van der Waals surface area contributed by atoms with Gasteiger partial charge in [0.15, 0.2) is 0 Å². The van der Waals surface area contributed by atoms with Gasteiger partial charge in [-0.05, 0) is 37.5 Å². The van der Waals surface area contributed by atoms with Gasteiger partial charge >= 0.3 is 6.18 Å². The third-order valence-electron chi connectivity index (χ3n) is 2.29. The van der Waals surface area contributed by atoms with E-state index in [-0.39, 0.29) is 11.6 Å². The minimum Gasteiger partial charge on any atom is -0.328 e. The third kappa shape index (κ3) is 2.96. The molecule has 0 saturated carbocycles. The molecule has 1 aromatic carbocycles. The molecule has 0 amide bonds. The molecule has 2 N–H and O–H groups in total. The molecule has 0 spiro atoms. The van der Waals surface area contributed by atoms with Crippen LogP contribution in [0.2, 0.25) is 0 Å². The largest absolute Gasteiger partial charge is 0.416 e. The molecule has 0 radical (unpaired) electrons. The molecule has 0 heterocycles. The van der Waals surface area contributed by atoms with Gasteiger partial charge in [-0.1, -0.05) is 12.1 Å². The highest BCUT2D eigenvalue weighted by molar-refractivity contribution is 5.36. The lowest BCUT2D eigenvalue weighted by molar-refractivity contribution is -0.138. The molecule has 0 fully saturated rings. The number of rotatable bonds is 2. The van der Waals surface area contributed by atoms with E-state index in [0.717, 1.165) is 6.07 Å². The molecule has 0 bridgehead atoms. The van der Waals surface area contributed by atoms with Gasteiger partial charge in [-0.25, -0.2) is 0 Å². The van der Waals surface area contributed by atoms with Gasteiger partial charge in [-0.2, -0.15) is 13.2 Å². The van der Waals surface area contributed by atoms with Crippen LogP contribution >= 0.6 is 0 Å². The fourth-order valence-corrected chi connectivity index (χ4v) is 1.56. The summed E-state index contributed by atoms with van der Waals surface area (Å²) in [7, 11) is 0. The van der Waals surface area contributed by atoms with E-state index >= 15 is 0 Å². The van der Waals surface area contributed by atoms with E-state index in [9.17, 15) is 13.2 Å². The lowest BCUT2D eigenvalue weighted by Gasteiger charge is -2.14. The maximum Gasteiger partial charge on any atom is 0.416 e. The molecule has 15 heavy (non-hydrogen) atoms. The molecular weight excluding hydrogens is 203 g/mol. The first-order chi connectivity index (χ1) is 6.82. The highest BCUT2D eigenvalue weighted by Gasteiger charge is 2.32. The van der Waals surface area contributed by atoms with Crippen molar-refractivity contribution in [2.24, 2.45) is 5.73 Å². The van der Waals surface area contributed by atoms with E-state index in [4.69, 9.17) is 5.73 Å². The summed E-state index contributed by atoms with van der Waals surface area (Å²) >= 11 is 0. The third-order valence-corrected chi connectivity index (χ3v) is 2.29. The SMILES string of the molecule is Cc1c(CC(C)N)cccc1C(F)(F)F. The molecule has 1 rings (SSSR count). The maximum atomic E-state index is 12.5. The van der Waals surface area contributed by atoms with Crippen LogP contribution < -0.4 is 5.73 Å². The van der Waals surface area contributed by atoms with Crippen LogP contribution in [0.5, 0.6) is 0 Å². The Balaban J connectivity index is 3.12. The number of hydrogen-bond donors (Lipinski definition) is 1. The van der Waals surface area contributed by atoms with E-state index in [1.54, 1.807) is 13.0 Å².